The molecule has 1 unspecified atom stereocenters. The van der Waals surface area contributed by atoms with Crippen LogP contribution in [0.3, 0.4) is 0 Å². The summed E-state index contributed by atoms with van der Waals surface area (Å²) in [5, 5.41) is 5.49. The van der Waals surface area contributed by atoms with Crippen molar-refractivity contribution < 1.29 is 23.9 Å². The summed E-state index contributed by atoms with van der Waals surface area (Å²) in [6, 6.07) is 9.04. The highest BCUT2D eigenvalue weighted by Crippen LogP contribution is 2.31. The number of rotatable bonds is 5. The van der Waals surface area contributed by atoms with Gasteiger partial charge in [-0.25, -0.2) is 0 Å². The highest BCUT2D eigenvalue weighted by atomic mass is 35.5. The Hall–Kier alpha value is -3.10. The molecule has 2 aromatic carbocycles. The first-order valence-electron chi connectivity index (χ1n) is 9.47. The van der Waals surface area contributed by atoms with E-state index in [1.54, 1.807) is 36.4 Å². The van der Waals surface area contributed by atoms with Crippen molar-refractivity contribution in [1.82, 2.24) is 10.2 Å². The summed E-state index contributed by atoms with van der Waals surface area (Å²) in [6.45, 7) is -0.0653. The highest BCUT2D eigenvalue weighted by molar-refractivity contribution is 6.39. The van der Waals surface area contributed by atoms with E-state index < -0.39 is 17.9 Å². The molecular formula is C21H17Cl2N3O5. The molecule has 160 valence electrons. The van der Waals surface area contributed by atoms with Crippen molar-refractivity contribution in [2.45, 2.75) is 25.4 Å². The monoisotopic (exact) mass is 461 g/mol. The molecule has 1 atom stereocenters. The van der Waals surface area contributed by atoms with E-state index >= 15 is 0 Å². The number of para-hydroxylation sites is 1. The number of anilines is 1. The Bertz CT molecular complexity index is 1080. The fourth-order valence-electron chi connectivity index (χ4n) is 3.58. The van der Waals surface area contributed by atoms with Crippen LogP contribution < -0.4 is 15.4 Å². The number of halogens is 2. The van der Waals surface area contributed by atoms with E-state index in [1.807, 2.05) is 0 Å². The fourth-order valence-corrected chi connectivity index (χ4v) is 4.07. The van der Waals surface area contributed by atoms with Crippen LogP contribution in [0.25, 0.3) is 0 Å². The smallest absolute Gasteiger partial charge is 0.262 e. The molecule has 0 aromatic heterocycles. The average molecular weight is 462 g/mol. The number of hydrogen-bond acceptors (Lipinski definition) is 5. The molecule has 0 radical (unpaired) electrons. The van der Waals surface area contributed by atoms with Gasteiger partial charge in [-0.05, 0) is 42.3 Å². The lowest BCUT2D eigenvalue weighted by atomic mass is 10.0. The van der Waals surface area contributed by atoms with Crippen molar-refractivity contribution in [1.29, 1.82) is 0 Å². The SMILES string of the molecule is O=C1CCC(N2Cc3cc(OCC(=O)Nc4c(Cl)cccc4Cl)ccc3C2=O)C(=O)N1. The van der Waals surface area contributed by atoms with Gasteiger partial charge in [0.15, 0.2) is 6.61 Å². The normalized spacial score (nSPS) is 17.9. The molecule has 4 rings (SSSR count). The number of piperidine rings is 1. The maximum Gasteiger partial charge on any atom is 0.262 e. The molecule has 0 saturated carbocycles. The number of nitrogens with zero attached hydrogens (tertiary/aromatic N) is 1. The summed E-state index contributed by atoms with van der Waals surface area (Å²) in [7, 11) is 0. The highest BCUT2D eigenvalue weighted by Gasteiger charge is 2.39. The molecule has 31 heavy (non-hydrogen) atoms. The Morgan fingerprint density at radius 2 is 1.90 bits per heavy atom. The summed E-state index contributed by atoms with van der Waals surface area (Å²) >= 11 is 12.1. The summed E-state index contributed by atoms with van der Waals surface area (Å²) < 4.78 is 5.54. The van der Waals surface area contributed by atoms with E-state index in [1.165, 1.54) is 4.90 Å². The third-order valence-corrected chi connectivity index (χ3v) is 5.72. The number of carbonyl (C=O) groups is 4. The predicted molar refractivity (Wildman–Crippen MR) is 113 cm³/mol. The van der Waals surface area contributed by atoms with Crippen molar-refractivity contribution in [2.24, 2.45) is 0 Å². The molecule has 2 aliphatic heterocycles. The number of ether oxygens (including phenoxy) is 1. The van der Waals surface area contributed by atoms with Gasteiger partial charge in [0.25, 0.3) is 11.8 Å². The first-order chi connectivity index (χ1) is 14.8. The lowest BCUT2D eigenvalue weighted by Crippen LogP contribution is -2.52. The summed E-state index contributed by atoms with van der Waals surface area (Å²) in [5.41, 5.74) is 1.45. The molecular weight excluding hydrogens is 445 g/mol. The number of fused-ring (bicyclic) bond motifs is 1. The van der Waals surface area contributed by atoms with Gasteiger partial charge in [-0.15, -0.1) is 0 Å². The van der Waals surface area contributed by atoms with Crippen LogP contribution in [0.5, 0.6) is 5.75 Å². The predicted octanol–water partition coefficient (Wildman–Crippen LogP) is 2.77. The van der Waals surface area contributed by atoms with Gasteiger partial charge in [-0.3, -0.25) is 24.5 Å². The van der Waals surface area contributed by atoms with Crippen LogP contribution >= 0.6 is 23.2 Å². The van der Waals surface area contributed by atoms with Crippen LogP contribution in [0.1, 0.15) is 28.8 Å². The molecule has 1 saturated heterocycles. The number of amides is 4. The summed E-state index contributed by atoms with van der Waals surface area (Å²) in [4.78, 5) is 49.8. The zero-order valence-electron chi connectivity index (χ0n) is 16.1. The van der Waals surface area contributed by atoms with Gasteiger partial charge in [0.05, 0.1) is 15.7 Å². The van der Waals surface area contributed by atoms with E-state index in [2.05, 4.69) is 10.6 Å². The Morgan fingerprint density at radius 1 is 1.16 bits per heavy atom. The van der Waals surface area contributed by atoms with Gasteiger partial charge in [0.2, 0.25) is 11.8 Å². The minimum absolute atomic E-state index is 0.190. The molecule has 0 spiro atoms. The second kappa shape index (κ2) is 8.56. The van der Waals surface area contributed by atoms with Crippen LogP contribution in [-0.2, 0) is 20.9 Å². The lowest BCUT2D eigenvalue weighted by Gasteiger charge is -2.29. The topological polar surface area (TPSA) is 105 Å². The van der Waals surface area contributed by atoms with E-state index in [9.17, 15) is 19.2 Å². The average Bonchev–Trinajstić information content (AvgIpc) is 3.05. The second-order valence-electron chi connectivity index (χ2n) is 7.15. The molecule has 1 fully saturated rings. The van der Waals surface area contributed by atoms with Gasteiger partial charge < -0.3 is 15.0 Å². The molecule has 2 aliphatic rings. The lowest BCUT2D eigenvalue weighted by molar-refractivity contribution is -0.137. The number of benzene rings is 2. The fraction of sp³-hybridized carbons (Fsp3) is 0.238. The van der Waals surface area contributed by atoms with Crippen LogP contribution in [0.2, 0.25) is 10.0 Å². The quantitative estimate of drug-likeness (QED) is 0.666. The summed E-state index contributed by atoms with van der Waals surface area (Å²) in [6.07, 6.45) is 0.480. The maximum absolute atomic E-state index is 12.7. The number of imide groups is 1. The Labute approximate surface area is 187 Å². The maximum atomic E-state index is 12.7. The third kappa shape index (κ3) is 4.35. The number of nitrogens with one attached hydrogen (secondary N) is 2. The molecule has 0 bridgehead atoms. The van der Waals surface area contributed by atoms with Crippen LogP contribution in [0.15, 0.2) is 36.4 Å². The van der Waals surface area contributed by atoms with Gasteiger partial charge >= 0.3 is 0 Å². The van der Waals surface area contributed by atoms with Gasteiger partial charge in [0, 0.05) is 18.5 Å². The van der Waals surface area contributed by atoms with Gasteiger partial charge in [0.1, 0.15) is 11.8 Å². The molecule has 2 N–H and O–H groups in total. The van der Waals surface area contributed by atoms with E-state index in [0.29, 0.717) is 39.0 Å². The molecule has 8 nitrogen and oxygen atoms in total. The molecule has 2 aromatic rings. The molecule has 10 heteroatoms. The first kappa shape index (κ1) is 21.1. The van der Waals surface area contributed by atoms with Crippen molar-refractivity contribution in [3.63, 3.8) is 0 Å². The number of hydrogen-bond donors (Lipinski definition) is 2. The number of carbonyl (C=O) groups excluding carboxylic acids is 4. The van der Waals surface area contributed by atoms with E-state index in [-0.39, 0.29) is 31.4 Å². The van der Waals surface area contributed by atoms with Crippen LogP contribution in [0, 0.1) is 0 Å². The standard InChI is InChI=1S/C21H17Cl2N3O5/c22-14-2-1-3-15(23)19(14)24-18(28)10-31-12-4-5-13-11(8-12)9-26(21(13)30)16-6-7-17(27)25-20(16)29/h1-5,8,16H,6-7,9-10H2,(H,24,28)(H,25,27,29). The van der Waals surface area contributed by atoms with Crippen LogP contribution in [-0.4, -0.2) is 41.2 Å². The Morgan fingerprint density at radius 3 is 2.61 bits per heavy atom. The zero-order valence-corrected chi connectivity index (χ0v) is 17.6. The van der Waals surface area contributed by atoms with Crippen molar-refractivity contribution in [3.05, 3.63) is 57.6 Å². The Kier molecular flexibility index (Phi) is 5.84. The van der Waals surface area contributed by atoms with Crippen molar-refractivity contribution in [3.8, 4) is 5.75 Å². The van der Waals surface area contributed by atoms with E-state index in [4.69, 9.17) is 27.9 Å². The molecule has 2 heterocycles. The van der Waals surface area contributed by atoms with Crippen molar-refractivity contribution >= 4 is 52.5 Å². The minimum Gasteiger partial charge on any atom is -0.484 e. The largest absolute Gasteiger partial charge is 0.484 e. The van der Waals surface area contributed by atoms with E-state index in [0.717, 1.165) is 0 Å². The summed E-state index contributed by atoms with van der Waals surface area (Å²) in [5.74, 6) is -1.13. The minimum atomic E-state index is -0.687. The molecule has 0 aliphatic carbocycles. The Balaban J connectivity index is 1.40. The van der Waals surface area contributed by atoms with Gasteiger partial charge in [-0.2, -0.15) is 0 Å². The first-order valence-corrected chi connectivity index (χ1v) is 10.2. The molecule has 4 amide bonds. The van der Waals surface area contributed by atoms with Crippen LogP contribution in [0.4, 0.5) is 5.69 Å². The zero-order chi connectivity index (χ0) is 22.1. The van der Waals surface area contributed by atoms with Gasteiger partial charge in [-0.1, -0.05) is 29.3 Å². The van der Waals surface area contributed by atoms with Crippen molar-refractivity contribution in [2.75, 3.05) is 11.9 Å². The second-order valence-corrected chi connectivity index (χ2v) is 7.97. The third-order valence-electron chi connectivity index (χ3n) is 5.09.